The minimum absolute atomic E-state index is 0.0462. The summed E-state index contributed by atoms with van der Waals surface area (Å²) in [7, 11) is 0. The number of nitrogens with zero attached hydrogens (tertiary/aromatic N) is 1. The normalized spacial score (nSPS) is 11.1. The van der Waals surface area contributed by atoms with Crippen molar-refractivity contribution in [1.29, 1.82) is 0 Å². The Morgan fingerprint density at radius 2 is 1.40 bits per heavy atom. The summed E-state index contributed by atoms with van der Waals surface area (Å²) in [4.78, 5) is 2.28. The van der Waals surface area contributed by atoms with Crippen molar-refractivity contribution in [3.05, 3.63) is 12.2 Å². The first-order valence-electron chi connectivity index (χ1n) is 7.92. The molecule has 4 heteroatoms. The van der Waals surface area contributed by atoms with Crippen LogP contribution >= 0.6 is 0 Å². The molecule has 4 nitrogen and oxygen atoms in total. The summed E-state index contributed by atoms with van der Waals surface area (Å²) < 4.78 is 0. The summed E-state index contributed by atoms with van der Waals surface area (Å²) in [5, 5.41) is 7.88. The van der Waals surface area contributed by atoms with E-state index in [1.54, 1.807) is 0 Å². The quantitative estimate of drug-likeness (QED) is 0.474. The topological polar surface area (TPSA) is 75.5 Å². The molecule has 0 aromatic carbocycles. The Morgan fingerprint density at radius 3 is 1.55 bits per heavy atom. The molecule has 0 radical (unpaired) electrons. The molecule has 0 bridgehead atoms. The van der Waals surface area contributed by atoms with Crippen molar-refractivity contribution in [3.63, 3.8) is 0 Å². The third-order valence-corrected chi connectivity index (χ3v) is 2.43. The average molecular weight is 290 g/mol. The van der Waals surface area contributed by atoms with E-state index in [0.717, 1.165) is 50.9 Å². The molecule has 20 heavy (non-hydrogen) atoms. The summed E-state index contributed by atoms with van der Waals surface area (Å²) in [6, 6.07) is 0. The van der Waals surface area contributed by atoms with Gasteiger partial charge in [0, 0.05) is 6.61 Å². The largest absolute Gasteiger partial charge is 0.396 e. The predicted octanol–water partition coefficient (Wildman–Crippen LogP) is 2.71. The average Bonchev–Trinajstić information content (AvgIpc) is 2.46. The van der Waals surface area contributed by atoms with Crippen LogP contribution < -0.4 is 11.5 Å². The molecule has 0 aliphatic heterocycles. The number of aliphatic hydroxyl groups excluding tert-OH is 1. The van der Waals surface area contributed by atoms with Crippen molar-refractivity contribution in [1.82, 2.24) is 4.90 Å². The Bertz CT molecular complexity index is 173. The van der Waals surface area contributed by atoms with Gasteiger partial charge < -0.3 is 16.6 Å². The smallest absolute Gasteiger partial charge is 0.0788 e. The maximum Gasteiger partial charge on any atom is 0.0788 e. The van der Waals surface area contributed by atoms with Gasteiger partial charge in [0.2, 0.25) is 0 Å². The molecular weight excluding hydrogens is 250 g/mol. The van der Waals surface area contributed by atoms with Gasteiger partial charge in [0.25, 0.3) is 0 Å². The molecule has 0 heterocycles. The molecule has 0 rings (SSSR count). The van der Waals surface area contributed by atoms with Crippen molar-refractivity contribution in [2.45, 2.75) is 66.5 Å². The van der Waals surface area contributed by atoms with Crippen molar-refractivity contribution in [2.75, 3.05) is 26.2 Å². The predicted molar refractivity (Wildman–Crippen MR) is 91.7 cm³/mol. The highest BCUT2D eigenvalue weighted by Gasteiger charge is 2.11. The van der Waals surface area contributed by atoms with Crippen LogP contribution in [-0.2, 0) is 0 Å². The van der Waals surface area contributed by atoms with Crippen LogP contribution in [0.25, 0.3) is 0 Å². The lowest BCUT2D eigenvalue weighted by atomic mass is 10.2. The van der Waals surface area contributed by atoms with Crippen LogP contribution in [0.1, 0.15) is 60.3 Å². The van der Waals surface area contributed by atoms with E-state index in [2.05, 4.69) is 32.3 Å². The fraction of sp³-hybridized carbons (Fsp3) is 0.875. The molecule has 0 spiro atoms. The molecule has 0 saturated heterocycles. The Morgan fingerprint density at radius 1 is 1.05 bits per heavy atom. The Balaban J connectivity index is -0.000000297. The first kappa shape index (κ1) is 24.6. The molecule has 0 aromatic rings. The van der Waals surface area contributed by atoms with E-state index < -0.39 is 0 Å². The van der Waals surface area contributed by atoms with Crippen molar-refractivity contribution < 1.29 is 5.11 Å². The van der Waals surface area contributed by atoms with Crippen molar-refractivity contribution >= 4 is 0 Å². The third kappa shape index (κ3) is 19.9. The van der Waals surface area contributed by atoms with E-state index >= 15 is 0 Å². The van der Waals surface area contributed by atoms with Crippen molar-refractivity contribution in [2.24, 2.45) is 11.5 Å². The fourth-order valence-electron chi connectivity index (χ4n) is 1.28. The highest BCUT2D eigenvalue weighted by molar-refractivity contribution is 4.99. The van der Waals surface area contributed by atoms with Crippen LogP contribution in [0.5, 0.6) is 0 Å². The lowest BCUT2D eigenvalue weighted by molar-refractivity contribution is 0.225. The van der Waals surface area contributed by atoms with Gasteiger partial charge in [-0.05, 0) is 57.8 Å². The molecule has 5 N–H and O–H groups in total. The number of rotatable bonds is 8. The number of aliphatic hydroxyl groups is 1. The fourth-order valence-corrected chi connectivity index (χ4v) is 1.28. The van der Waals surface area contributed by atoms with E-state index in [9.17, 15) is 0 Å². The summed E-state index contributed by atoms with van der Waals surface area (Å²) >= 11 is 0. The number of hydrogen-bond acceptors (Lipinski definition) is 4. The van der Waals surface area contributed by atoms with E-state index in [4.69, 9.17) is 16.6 Å². The van der Waals surface area contributed by atoms with Crippen molar-refractivity contribution in [3.8, 4) is 0 Å². The van der Waals surface area contributed by atoms with Gasteiger partial charge in [0.05, 0.1) is 6.17 Å². The second kappa shape index (κ2) is 20.9. The molecule has 0 aromatic heterocycles. The minimum atomic E-state index is 0.0462. The molecule has 1 atom stereocenters. The molecule has 0 saturated carbocycles. The first-order valence-corrected chi connectivity index (χ1v) is 7.92. The van der Waals surface area contributed by atoms with E-state index in [-0.39, 0.29) is 6.17 Å². The zero-order valence-electron chi connectivity index (χ0n) is 14.5. The van der Waals surface area contributed by atoms with E-state index in [0.29, 0.717) is 6.61 Å². The van der Waals surface area contributed by atoms with Gasteiger partial charge in [-0.15, -0.1) is 0 Å². The second-order valence-corrected chi connectivity index (χ2v) is 4.84. The van der Waals surface area contributed by atoms with Crippen LogP contribution in [0.4, 0.5) is 0 Å². The molecule has 124 valence electrons. The molecule has 1 unspecified atom stereocenters. The van der Waals surface area contributed by atoms with Gasteiger partial charge in [-0.1, -0.05) is 34.3 Å². The lowest BCUT2D eigenvalue weighted by Crippen LogP contribution is -2.43. The SMILES string of the molecule is C=C(C)C(N)N(CCC)CCC.CCCN.CCCO. The first-order chi connectivity index (χ1) is 9.46. The number of hydrogen-bond donors (Lipinski definition) is 3. The van der Waals surface area contributed by atoms with Crippen LogP contribution in [-0.4, -0.2) is 42.4 Å². The van der Waals surface area contributed by atoms with Gasteiger partial charge in [0.15, 0.2) is 0 Å². The third-order valence-electron chi connectivity index (χ3n) is 2.43. The Hall–Kier alpha value is -0.420. The van der Waals surface area contributed by atoms with Gasteiger partial charge in [-0.25, -0.2) is 0 Å². The molecule has 0 fully saturated rings. The monoisotopic (exact) mass is 289 g/mol. The Kier molecular flexibility index (Phi) is 25.7. The number of nitrogens with two attached hydrogens (primary N) is 2. The maximum atomic E-state index is 7.88. The van der Waals surface area contributed by atoms with E-state index in [1.807, 2.05) is 13.8 Å². The highest BCUT2D eigenvalue weighted by Crippen LogP contribution is 2.04. The standard InChI is InChI=1S/C10H22N2.C3H9N.C3H8O/c1-5-7-12(8-6-2)10(11)9(3)4;2*1-2-3-4/h10H,3,5-8,11H2,1-2,4H3;2-4H2,1H3;4H,2-3H2,1H3. The Labute approximate surface area is 127 Å². The lowest BCUT2D eigenvalue weighted by Gasteiger charge is -2.28. The van der Waals surface area contributed by atoms with Crippen LogP contribution in [0.2, 0.25) is 0 Å². The second-order valence-electron chi connectivity index (χ2n) is 4.84. The van der Waals surface area contributed by atoms with Gasteiger partial charge >= 0.3 is 0 Å². The summed E-state index contributed by atoms with van der Waals surface area (Å²) in [6.07, 6.45) is 4.33. The summed E-state index contributed by atoms with van der Waals surface area (Å²) in [6.45, 7) is 17.5. The highest BCUT2D eigenvalue weighted by atomic mass is 16.2. The molecule has 0 amide bonds. The van der Waals surface area contributed by atoms with Gasteiger partial charge in [-0.3, -0.25) is 4.90 Å². The summed E-state index contributed by atoms with van der Waals surface area (Å²) in [5.74, 6) is 0. The van der Waals surface area contributed by atoms with Gasteiger partial charge in [-0.2, -0.15) is 0 Å². The molecular formula is C16H39N3O. The van der Waals surface area contributed by atoms with Crippen LogP contribution in [0.3, 0.4) is 0 Å². The minimum Gasteiger partial charge on any atom is -0.396 e. The zero-order chi connectivity index (χ0) is 16.4. The summed E-state index contributed by atoms with van der Waals surface area (Å²) in [5.41, 5.74) is 12.0. The van der Waals surface area contributed by atoms with Crippen LogP contribution in [0, 0.1) is 0 Å². The van der Waals surface area contributed by atoms with Crippen LogP contribution in [0.15, 0.2) is 12.2 Å². The van der Waals surface area contributed by atoms with E-state index in [1.165, 1.54) is 0 Å². The molecule has 0 aliphatic rings. The molecule has 0 aliphatic carbocycles. The zero-order valence-corrected chi connectivity index (χ0v) is 14.5. The van der Waals surface area contributed by atoms with Gasteiger partial charge in [0.1, 0.15) is 0 Å². The maximum absolute atomic E-state index is 7.88.